The minimum Gasteiger partial charge on any atom is -0.375 e. The Morgan fingerprint density at radius 1 is 1.20 bits per heavy atom. The molecule has 0 bridgehead atoms. The van der Waals surface area contributed by atoms with Crippen LogP contribution in [0.5, 0.6) is 0 Å². The van der Waals surface area contributed by atoms with Gasteiger partial charge in [0, 0.05) is 43.8 Å². The molecule has 20 heavy (non-hydrogen) atoms. The average molecular weight is 288 g/mol. The lowest BCUT2D eigenvalue weighted by atomic mass is 10.1. The maximum atomic E-state index is 5.68. The first-order chi connectivity index (χ1) is 9.72. The van der Waals surface area contributed by atoms with Crippen LogP contribution in [0.1, 0.15) is 11.3 Å². The first-order valence-corrected chi connectivity index (χ1v) is 7.83. The third kappa shape index (κ3) is 2.94. The first-order valence-electron chi connectivity index (χ1n) is 6.95. The summed E-state index contributed by atoms with van der Waals surface area (Å²) < 4.78 is 0. The van der Waals surface area contributed by atoms with E-state index in [0.717, 1.165) is 38.4 Å². The monoisotopic (exact) mass is 288 g/mol. The van der Waals surface area contributed by atoms with E-state index in [1.54, 1.807) is 0 Å². The van der Waals surface area contributed by atoms with E-state index in [-0.39, 0.29) is 0 Å². The Morgan fingerprint density at radius 2 is 1.95 bits per heavy atom. The van der Waals surface area contributed by atoms with Gasteiger partial charge >= 0.3 is 0 Å². The summed E-state index contributed by atoms with van der Waals surface area (Å²) in [6.07, 6.45) is 0. The smallest absolute Gasteiger partial charge is 0.180 e. The van der Waals surface area contributed by atoms with Crippen LogP contribution in [0, 0.1) is 6.92 Å². The summed E-state index contributed by atoms with van der Waals surface area (Å²) in [6.45, 7) is 7.39. The number of piperazine rings is 1. The van der Waals surface area contributed by atoms with Crippen LogP contribution in [0.3, 0.4) is 0 Å². The fraction of sp³-hybridized carbons (Fsp3) is 0.400. The molecule has 2 N–H and O–H groups in total. The number of anilines is 2. The number of hydrogen-bond acceptors (Lipinski definition) is 5. The molecule has 1 aromatic carbocycles. The van der Waals surface area contributed by atoms with Gasteiger partial charge in [-0.1, -0.05) is 18.2 Å². The van der Waals surface area contributed by atoms with Crippen molar-refractivity contribution in [2.24, 2.45) is 0 Å². The first kappa shape index (κ1) is 13.4. The molecule has 0 atom stereocenters. The lowest BCUT2D eigenvalue weighted by Gasteiger charge is -2.36. The second-order valence-corrected chi connectivity index (χ2v) is 6.12. The second kappa shape index (κ2) is 5.81. The molecule has 0 radical (unpaired) electrons. The molecule has 1 fully saturated rings. The molecule has 0 spiro atoms. The molecule has 4 nitrogen and oxygen atoms in total. The van der Waals surface area contributed by atoms with Crippen LogP contribution in [-0.2, 0) is 6.54 Å². The topological polar surface area (TPSA) is 45.4 Å². The van der Waals surface area contributed by atoms with Crippen molar-refractivity contribution in [2.45, 2.75) is 13.5 Å². The van der Waals surface area contributed by atoms with E-state index in [4.69, 9.17) is 5.73 Å². The Kier molecular flexibility index (Phi) is 3.89. The summed E-state index contributed by atoms with van der Waals surface area (Å²) in [6, 6.07) is 8.61. The van der Waals surface area contributed by atoms with Crippen LogP contribution in [0.4, 0.5) is 10.8 Å². The number of nitrogens with zero attached hydrogens (tertiary/aromatic N) is 3. The van der Waals surface area contributed by atoms with Crippen molar-refractivity contribution in [3.63, 3.8) is 0 Å². The van der Waals surface area contributed by atoms with Gasteiger partial charge in [0.1, 0.15) is 0 Å². The number of nitrogen functional groups attached to an aromatic ring is 1. The maximum absolute atomic E-state index is 5.68. The summed E-state index contributed by atoms with van der Waals surface area (Å²) in [5, 5.41) is 2.72. The number of aromatic nitrogens is 1. The van der Waals surface area contributed by atoms with E-state index < -0.39 is 0 Å². The van der Waals surface area contributed by atoms with Crippen LogP contribution in [0.2, 0.25) is 0 Å². The Morgan fingerprint density at radius 3 is 2.60 bits per heavy atom. The molecule has 0 amide bonds. The zero-order valence-corrected chi connectivity index (χ0v) is 12.6. The fourth-order valence-corrected chi connectivity index (χ4v) is 3.24. The van der Waals surface area contributed by atoms with Crippen molar-refractivity contribution in [1.82, 2.24) is 9.88 Å². The van der Waals surface area contributed by atoms with Gasteiger partial charge < -0.3 is 10.6 Å². The molecule has 1 aliphatic rings. The van der Waals surface area contributed by atoms with Crippen molar-refractivity contribution in [2.75, 3.05) is 36.8 Å². The van der Waals surface area contributed by atoms with Crippen molar-refractivity contribution in [1.29, 1.82) is 0 Å². The van der Waals surface area contributed by atoms with Crippen LogP contribution >= 0.6 is 11.3 Å². The van der Waals surface area contributed by atoms with Gasteiger partial charge in [-0.15, -0.1) is 11.3 Å². The van der Waals surface area contributed by atoms with Gasteiger partial charge in [0.25, 0.3) is 0 Å². The van der Waals surface area contributed by atoms with Crippen molar-refractivity contribution in [3.8, 4) is 0 Å². The highest BCUT2D eigenvalue weighted by molar-refractivity contribution is 7.13. The van der Waals surface area contributed by atoms with E-state index in [9.17, 15) is 0 Å². The Balaban J connectivity index is 1.58. The van der Waals surface area contributed by atoms with Crippen molar-refractivity contribution >= 4 is 22.2 Å². The van der Waals surface area contributed by atoms with Gasteiger partial charge in [0.15, 0.2) is 5.13 Å². The largest absolute Gasteiger partial charge is 0.375 e. The van der Waals surface area contributed by atoms with Crippen LogP contribution in [-0.4, -0.2) is 36.1 Å². The van der Waals surface area contributed by atoms with E-state index in [1.807, 2.05) is 0 Å². The second-order valence-electron chi connectivity index (χ2n) is 5.23. The van der Waals surface area contributed by atoms with E-state index in [2.05, 4.69) is 51.4 Å². The molecule has 1 saturated heterocycles. The zero-order chi connectivity index (χ0) is 13.9. The molecule has 3 rings (SSSR count). The minimum atomic E-state index is 0.665. The highest BCUT2D eigenvalue weighted by Gasteiger charge is 2.18. The van der Waals surface area contributed by atoms with Gasteiger partial charge in [-0.2, -0.15) is 0 Å². The summed E-state index contributed by atoms with van der Waals surface area (Å²) in [5.74, 6) is 0. The Bertz CT molecular complexity index is 573. The fourth-order valence-electron chi connectivity index (χ4n) is 2.69. The third-order valence-corrected chi connectivity index (χ3v) is 4.51. The van der Waals surface area contributed by atoms with Gasteiger partial charge in [0.2, 0.25) is 0 Å². The van der Waals surface area contributed by atoms with Crippen LogP contribution in [0.15, 0.2) is 29.6 Å². The molecule has 1 aromatic heterocycles. The minimum absolute atomic E-state index is 0.665. The zero-order valence-electron chi connectivity index (χ0n) is 11.7. The standard InChI is InChI=1S/C15H20N4S/c1-12-4-2-3-5-14(12)19-8-6-18(7-9-19)10-13-11-20-15(16)17-13/h2-5,11H,6-10H2,1H3,(H2,16,17). The van der Waals surface area contributed by atoms with Gasteiger partial charge in [-0.3, -0.25) is 4.90 Å². The normalized spacial score (nSPS) is 16.6. The summed E-state index contributed by atoms with van der Waals surface area (Å²) >= 11 is 1.52. The van der Waals surface area contributed by atoms with Gasteiger partial charge in [-0.05, 0) is 18.6 Å². The molecule has 0 unspecified atom stereocenters. The molecule has 2 heterocycles. The molecule has 1 aliphatic heterocycles. The molecule has 0 saturated carbocycles. The summed E-state index contributed by atoms with van der Waals surface area (Å²) in [4.78, 5) is 9.26. The van der Waals surface area contributed by atoms with Crippen molar-refractivity contribution < 1.29 is 0 Å². The van der Waals surface area contributed by atoms with Crippen LogP contribution < -0.4 is 10.6 Å². The van der Waals surface area contributed by atoms with Gasteiger partial charge in [0.05, 0.1) is 5.69 Å². The number of rotatable bonds is 3. The molecule has 106 valence electrons. The molecular weight excluding hydrogens is 268 g/mol. The highest BCUT2D eigenvalue weighted by Crippen LogP contribution is 2.21. The number of thiazole rings is 1. The number of aryl methyl sites for hydroxylation is 1. The molecule has 0 aliphatic carbocycles. The Hall–Kier alpha value is -1.59. The Labute approximate surface area is 123 Å². The lowest BCUT2D eigenvalue weighted by Crippen LogP contribution is -2.46. The quantitative estimate of drug-likeness (QED) is 0.942. The van der Waals surface area contributed by atoms with Crippen LogP contribution in [0.25, 0.3) is 0 Å². The number of benzene rings is 1. The van der Waals surface area contributed by atoms with E-state index in [1.165, 1.54) is 22.6 Å². The molecular formula is C15H20N4S. The SMILES string of the molecule is Cc1ccccc1N1CCN(Cc2csc(N)n2)CC1. The van der Waals surface area contributed by atoms with Gasteiger partial charge in [-0.25, -0.2) is 4.98 Å². The third-order valence-electron chi connectivity index (χ3n) is 3.78. The predicted octanol–water partition coefficient (Wildman–Crippen LogP) is 2.36. The number of nitrogens with two attached hydrogens (primary N) is 1. The molecule has 5 heteroatoms. The number of hydrogen-bond donors (Lipinski definition) is 1. The van der Waals surface area contributed by atoms with E-state index >= 15 is 0 Å². The van der Waals surface area contributed by atoms with Crippen molar-refractivity contribution in [3.05, 3.63) is 40.9 Å². The molecule has 2 aromatic rings. The lowest BCUT2D eigenvalue weighted by molar-refractivity contribution is 0.247. The van der Waals surface area contributed by atoms with E-state index in [0.29, 0.717) is 5.13 Å². The summed E-state index contributed by atoms with van der Waals surface area (Å²) in [5.41, 5.74) is 9.49. The average Bonchev–Trinajstić information content (AvgIpc) is 2.86. The maximum Gasteiger partial charge on any atom is 0.180 e. The summed E-state index contributed by atoms with van der Waals surface area (Å²) in [7, 11) is 0. The highest BCUT2D eigenvalue weighted by atomic mass is 32.1. The predicted molar refractivity (Wildman–Crippen MR) is 85.2 cm³/mol. The number of para-hydroxylation sites is 1.